The molecule has 1 aromatic carbocycles. The van der Waals surface area contributed by atoms with Crippen LogP contribution in [0.25, 0.3) is 0 Å². The lowest BCUT2D eigenvalue weighted by atomic mass is 10.1. The summed E-state index contributed by atoms with van der Waals surface area (Å²) in [5.74, 6) is 0.736. The zero-order valence-corrected chi connectivity index (χ0v) is 13.0. The van der Waals surface area contributed by atoms with Gasteiger partial charge in [-0.25, -0.2) is 0 Å². The molecule has 0 N–H and O–H groups in total. The van der Waals surface area contributed by atoms with E-state index in [9.17, 15) is 4.79 Å². The SMILES string of the molecule is CCC(C)N(CC)C(=O)c1cc(OC)ccc1Br. The minimum absolute atomic E-state index is 0.0395. The highest BCUT2D eigenvalue weighted by Gasteiger charge is 2.21. The van der Waals surface area contributed by atoms with Crippen LogP contribution in [0.3, 0.4) is 0 Å². The Morgan fingerprint density at radius 1 is 1.44 bits per heavy atom. The fourth-order valence-electron chi connectivity index (χ4n) is 1.83. The lowest BCUT2D eigenvalue weighted by Gasteiger charge is -2.27. The first kappa shape index (κ1) is 15.0. The second-order valence-electron chi connectivity index (χ2n) is 4.19. The summed E-state index contributed by atoms with van der Waals surface area (Å²) < 4.78 is 5.97. The van der Waals surface area contributed by atoms with Gasteiger partial charge in [0.1, 0.15) is 5.75 Å². The molecule has 0 aliphatic carbocycles. The summed E-state index contributed by atoms with van der Waals surface area (Å²) in [5, 5.41) is 0. The fraction of sp³-hybridized carbons (Fsp3) is 0.500. The molecule has 0 saturated carbocycles. The summed E-state index contributed by atoms with van der Waals surface area (Å²) >= 11 is 3.43. The summed E-state index contributed by atoms with van der Waals surface area (Å²) in [5.41, 5.74) is 0.650. The molecule has 1 amide bonds. The Morgan fingerprint density at radius 3 is 2.61 bits per heavy atom. The van der Waals surface area contributed by atoms with Gasteiger partial charge >= 0.3 is 0 Å². The number of methoxy groups -OCH3 is 1. The van der Waals surface area contributed by atoms with E-state index in [2.05, 4.69) is 29.8 Å². The molecule has 0 heterocycles. The fourth-order valence-corrected chi connectivity index (χ4v) is 2.24. The van der Waals surface area contributed by atoms with Crippen molar-refractivity contribution in [3.8, 4) is 5.75 Å². The number of nitrogens with zero attached hydrogens (tertiary/aromatic N) is 1. The summed E-state index contributed by atoms with van der Waals surface area (Å²) in [4.78, 5) is 14.4. The Bertz CT molecular complexity index is 420. The molecule has 0 aromatic heterocycles. The number of amides is 1. The highest BCUT2D eigenvalue weighted by Crippen LogP contribution is 2.24. The number of hydrogen-bond acceptors (Lipinski definition) is 2. The molecular formula is C14H20BrNO2. The van der Waals surface area contributed by atoms with E-state index in [0.29, 0.717) is 17.9 Å². The smallest absolute Gasteiger partial charge is 0.255 e. The first-order chi connectivity index (χ1) is 8.54. The maximum Gasteiger partial charge on any atom is 0.255 e. The van der Waals surface area contributed by atoms with Gasteiger partial charge in [-0.05, 0) is 54.4 Å². The Kier molecular flexibility index (Phi) is 5.66. The lowest BCUT2D eigenvalue weighted by Crippen LogP contribution is -2.38. The van der Waals surface area contributed by atoms with Gasteiger partial charge in [0, 0.05) is 17.1 Å². The molecule has 0 aliphatic rings. The number of benzene rings is 1. The Morgan fingerprint density at radius 2 is 2.11 bits per heavy atom. The normalized spacial score (nSPS) is 12.1. The van der Waals surface area contributed by atoms with Crippen LogP contribution < -0.4 is 4.74 Å². The third-order valence-corrected chi connectivity index (χ3v) is 3.82. The summed E-state index contributed by atoms with van der Waals surface area (Å²) in [6.45, 7) is 6.85. The van der Waals surface area contributed by atoms with E-state index in [1.165, 1.54) is 0 Å². The van der Waals surface area contributed by atoms with Crippen LogP contribution in [0.2, 0.25) is 0 Å². The minimum Gasteiger partial charge on any atom is -0.497 e. The van der Waals surface area contributed by atoms with Crippen LogP contribution in [0.5, 0.6) is 5.75 Å². The average Bonchev–Trinajstić information content (AvgIpc) is 2.39. The largest absolute Gasteiger partial charge is 0.497 e. The van der Waals surface area contributed by atoms with Crippen molar-refractivity contribution < 1.29 is 9.53 Å². The number of hydrogen-bond donors (Lipinski definition) is 0. The maximum atomic E-state index is 12.5. The van der Waals surface area contributed by atoms with Crippen LogP contribution in [0.1, 0.15) is 37.6 Å². The van der Waals surface area contributed by atoms with Crippen LogP contribution in [-0.4, -0.2) is 30.5 Å². The van der Waals surface area contributed by atoms with Crippen LogP contribution in [0, 0.1) is 0 Å². The molecule has 0 aliphatic heterocycles. The second-order valence-corrected chi connectivity index (χ2v) is 5.05. The van der Waals surface area contributed by atoms with E-state index in [-0.39, 0.29) is 11.9 Å². The first-order valence-electron chi connectivity index (χ1n) is 6.19. The topological polar surface area (TPSA) is 29.5 Å². The van der Waals surface area contributed by atoms with Crippen LogP contribution in [-0.2, 0) is 0 Å². The molecule has 0 fully saturated rings. The molecular weight excluding hydrogens is 294 g/mol. The van der Waals surface area contributed by atoms with Crippen molar-refractivity contribution >= 4 is 21.8 Å². The standard InChI is InChI=1S/C14H20BrNO2/c1-5-10(3)16(6-2)14(17)12-9-11(18-4)7-8-13(12)15/h7-10H,5-6H2,1-4H3. The average molecular weight is 314 g/mol. The molecule has 1 aromatic rings. The molecule has 1 unspecified atom stereocenters. The highest BCUT2D eigenvalue weighted by molar-refractivity contribution is 9.10. The van der Waals surface area contributed by atoms with Gasteiger partial charge in [-0.1, -0.05) is 6.92 Å². The molecule has 100 valence electrons. The van der Waals surface area contributed by atoms with E-state index in [1.807, 2.05) is 24.0 Å². The third kappa shape index (κ3) is 3.25. The highest BCUT2D eigenvalue weighted by atomic mass is 79.9. The van der Waals surface area contributed by atoms with Crippen molar-refractivity contribution in [3.05, 3.63) is 28.2 Å². The Hall–Kier alpha value is -1.03. The van der Waals surface area contributed by atoms with Gasteiger partial charge in [0.25, 0.3) is 5.91 Å². The molecule has 0 saturated heterocycles. The number of ether oxygens (including phenoxy) is 1. The third-order valence-electron chi connectivity index (χ3n) is 3.13. The van der Waals surface area contributed by atoms with E-state index >= 15 is 0 Å². The van der Waals surface area contributed by atoms with E-state index in [1.54, 1.807) is 13.2 Å². The summed E-state index contributed by atoms with van der Waals surface area (Å²) in [6, 6.07) is 5.69. The van der Waals surface area contributed by atoms with Crippen molar-refractivity contribution in [2.45, 2.75) is 33.2 Å². The van der Waals surface area contributed by atoms with Crippen molar-refractivity contribution in [2.24, 2.45) is 0 Å². The molecule has 1 rings (SSSR count). The van der Waals surface area contributed by atoms with Gasteiger partial charge in [0.15, 0.2) is 0 Å². The molecule has 0 spiro atoms. The van der Waals surface area contributed by atoms with Gasteiger partial charge in [0.2, 0.25) is 0 Å². The van der Waals surface area contributed by atoms with E-state index in [4.69, 9.17) is 4.74 Å². The van der Waals surface area contributed by atoms with E-state index in [0.717, 1.165) is 10.9 Å². The van der Waals surface area contributed by atoms with Crippen LogP contribution in [0.15, 0.2) is 22.7 Å². The van der Waals surface area contributed by atoms with Crippen molar-refractivity contribution in [3.63, 3.8) is 0 Å². The molecule has 0 bridgehead atoms. The zero-order chi connectivity index (χ0) is 13.7. The monoisotopic (exact) mass is 313 g/mol. The van der Waals surface area contributed by atoms with Crippen molar-refractivity contribution in [2.75, 3.05) is 13.7 Å². The quantitative estimate of drug-likeness (QED) is 0.829. The predicted molar refractivity (Wildman–Crippen MR) is 77.2 cm³/mol. The zero-order valence-electron chi connectivity index (χ0n) is 11.4. The molecule has 3 nitrogen and oxygen atoms in total. The number of halogens is 1. The first-order valence-corrected chi connectivity index (χ1v) is 6.98. The van der Waals surface area contributed by atoms with Crippen molar-refractivity contribution in [1.82, 2.24) is 4.90 Å². The van der Waals surface area contributed by atoms with Gasteiger partial charge in [-0.15, -0.1) is 0 Å². The van der Waals surface area contributed by atoms with Gasteiger partial charge in [-0.3, -0.25) is 4.79 Å². The maximum absolute atomic E-state index is 12.5. The summed E-state index contributed by atoms with van der Waals surface area (Å²) in [6.07, 6.45) is 0.946. The van der Waals surface area contributed by atoms with Crippen LogP contribution >= 0.6 is 15.9 Å². The second kappa shape index (κ2) is 6.78. The van der Waals surface area contributed by atoms with Gasteiger partial charge < -0.3 is 9.64 Å². The molecule has 18 heavy (non-hydrogen) atoms. The molecule has 1 atom stereocenters. The Balaban J connectivity index is 3.08. The van der Waals surface area contributed by atoms with Gasteiger partial charge in [-0.2, -0.15) is 0 Å². The molecule has 4 heteroatoms. The number of carbonyl (C=O) groups excluding carboxylic acids is 1. The predicted octanol–water partition coefficient (Wildman–Crippen LogP) is 3.72. The Labute approximate surface area is 117 Å². The molecule has 0 radical (unpaired) electrons. The minimum atomic E-state index is 0.0395. The summed E-state index contributed by atoms with van der Waals surface area (Å²) in [7, 11) is 1.60. The van der Waals surface area contributed by atoms with Gasteiger partial charge in [0.05, 0.1) is 12.7 Å². The van der Waals surface area contributed by atoms with Crippen molar-refractivity contribution in [1.29, 1.82) is 0 Å². The number of rotatable bonds is 5. The number of carbonyl (C=O) groups is 1. The lowest BCUT2D eigenvalue weighted by molar-refractivity contribution is 0.0698. The van der Waals surface area contributed by atoms with E-state index < -0.39 is 0 Å². The van der Waals surface area contributed by atoms with Crippen LogP contribution in [0.4, 0.5) is 0 Å².